The van der Waals surface area contributed by atoms with Gasteiger partial charge in [0, 0.05) is 21.1 Å². The second kappa shape index (κ2) is 14.5. The van der Waals surface area contributed by atoms with Crippen LogP contribution in [0, 0.1) is 21.7 Å². The maximum absolute atomic E-state index is 10.0. The molecule has 0 rings (SSSR count). The third kappa shape index (κ3) is 31.5. The number of rotatable bonds is 0. The minimum Gasteiger partial charge on any atom is -0.481 e. The summed E-state index contributed by atoms with van der Waals surface area (Å²) in [5.41, 5.74) is -2.33. The van der Waals surface area contributed by atoms with Crippen LogP contribution < -0.4 is 0 Å². The summed E-state index contributed by atoms with van der Waals surface area (Å²) < 4.78 is 0. The van der Waals surface area contributed by atoms with Gasteiger partial charge in [0.15, 0.2) is 0 Å². The number of hydrogen-bond donors (Lipinski definition) is 4. The van der Waals surface area contributed by atoms with Gasteiger partial charge in [-0.15, -0.1) is 0 Å². The molecule has 9 heteroatoms. The number of carbonyl (C=O) groups is 4. The van der Waals surface area contributed by atoms with Gasteiger partial charge in [0.05, 0.1) is 21.7 Å². The average Bonchev–Trinajstić information content (AvgIpc) is 2.35. The first-order valence-electron chi connectivity index (χ1n) is 8.71. The van der Waals surface area contributed by atoms with Crippen LogP contribution in [0.3, 0.4) is 0 Å². The van der Waals surface area contributed by atoms with Crippen LogP contribution in [0.1, 0.15) is 83.1 Å². The van der Waals surface area contributed by atoms with E-state index in [2.05, 4.69) is 0 Å². The van der Waals surface area contributed by atoms with Crippen molar-refractivity contribution in [3.05, 3.63) is 0 Å². The molecule has 0 saturated carbocycles. The van der Waals surface area contributed by atoms with Crippen LogP contribution in [0.4, 0.5) is 0 Å². The molecule has 0 aromatic carbocycles. The Morgan fingerprint density at radius 3 is 0.414 bits per heavy atom. The Bertz CT molecular complexity index is 417. The molecule has 0 aliphatic rings. The van der Waals surface area contributed by atoms with Crippen molar-refractivity contribution in [3.8, 4) is 0 Å². The molecular weight excluding hydrogens is 464 g/mol. The minimum absolute atomic E-state index is 0. The molecule has 0 saturated heterocycles. The number of carboxylic acids is 4. The molecular formula is C20H40MoO8. The minimum atomic E-state index is -0.757. The van der Waals surface area contributed by atoms with Gasteiger partial charge in [-0.25, -0.2) is 0 Å². The summed E-state index contributed by atoms with van der Waals surface area (Å²) in [6.07, 6.45) is 0. The predicted molar refractivity (Wildman–Crippen MR) is 108 cm³/mol. The van der Waals surface area contributed by atoms with E-state index in [1.165, 1.54) is 0 Å². The molecule has 0 amide bonds. The van der Waals surface area contributed by atoms with E-state index in [4.69, 9.17) is 20.4 Å². The predicted octanol–water partition coefficient (Wildman–Crippen LogP) is 4.47. The summed E-state index contributed by atoms with van der Waals surface area (Å²) in [6, 6.07) is 0. The van der Waals surface area contributed by atoms with E-state index >= 15 is 0 Å². The number of hydrogen-bond acceptors (Lipinski definition) is 4. The van der Waals surface area contributed by atoms with Gasteiger partial charge in [-0.05, 0) is 83.1 Å². The van der Waals surface area contributed by atoms with Gasteiger partial charge in [-0.3, -0.25) is 19.2 Å². The summed E-state index contributed by atoms with van der Waals surface area (Å²) in [4.78, 5) is 40.1. The van der Waals surface area contributed by atoms with E-state index in [1.54, 1.807) is 83.1 Å². The normalized spacial score (nSPS) is 10.9. The van der Waals surface area contributed by atoms with Crippen molar-refractivity contribution >= 4 is 23.9 Å². The standard InChI is InChI=1S/4C5H10O2.Mo/c4*1-5(2,3)4(6)7;/h4*1-3H3,(H,6,7);. The molecule has 0 bridgehead atoms. The fourth-order valence-corrected chi connectivity index (χ4v) is 0. The molecule has 0 aliphatic carbocycles. The second-order valence-corrected chi connectivity index (χ2v) is 10.2. The zero-order valence-corrected chi connectivity index (χ0v) is 21.8. The first-order chi connectivity index (χ1) is 11.8. The molecule has 0 aromatic heterocycles. The van der Waals surface area contributed by atoms with Crippen LogP contribution in [0.25, 0.3) is 0 Å². The van der Waals surface area contributed by atoms with Gasteiger partial charge in [-0.2, -0.15) is 0 Å². The first-order valence-corrected chi connectivity index (χ1v) is 8.71. The van der Waals surface area contributed by atoms with Crippen LogP contribution in [-0.4, -0.2) is 44.3 Å². The number of carboxylic acid groups (broad SMARTS) is 4. The fraction of sp³-hybridized carbons (Fsp3) is 0.800. The SMILES string of the molecule is CC(C)(C)C(=O)O.CC(C)(C)C(=O)O.CC(C)(C)C(=O)O.CC(C)(C)C(=O)O.[Mo]. The maximum Gasteiger partial charge on any atom is 0.308 e. The third-order valence-electron chi connectivity index (χ3n) is 2.57. The zero-order chi connectivity index (χ0) is 24.3. The van der Waals surface area contributed by atoms with Crippen molar-refractivity contribution in [3.63, 3.8) is 0 Å². The van der Waals surface area contributed by atoms with E-state index in [9.17, 15) is 19.2 Å². The number of aliphatic carboxylic acids is 4. The Morgan fingerprint density at radius 2 is 0.414 bits per heavy atom. The molecule has 0 spiro atoms. The van der Waals surface area contributed by atoms with E-state index in [1.807, 2.05) is 0 Å². The molecule has 174 valence electrons. The van der Waals surface area contributed by atoms with Crippen molar-refractivity contribution in [1.82, 2.24) is 0 Å². The van der Waals surface area contributed by atoms with Crippen LogP contribution >= 0.6 is 0 Å². The second-order valence-electron chi connectivity index (χ2n) is 10.2. The van der Waals surface area contributed by atoms with Gasteiger partial charge in [0.2, 0.25) is 0 Å². The largest absolute Gasteiger partial charge is 0.481 e. The summed E-state index contributed by atoms with van der Waals surface area (Å²) in [6.45, 7) is 19.9. The topological polar surface area (TPSA) is 149 Å². The Morgan fingerprint density at radius 1 is 0.379 bits per heavy atom. The quantitative estimate of drug-likeness (QED) is 0.353. The third-order valence-corrected chi connectivity index (χ3v) is 2.57. The van der Waals surface area contributed by atoms with Crippen LogP contribution in [0.5, 0.6) is 0 Å². The Balaban J connectivity index is -0.0000000873. The molecule has 29 heavy (non-hydrogen) atoms. The van der Waals surface area contributed by atoms with Gasteiger partial charge in [0.25, 0.3) is 0 Å². The van der Waals surface area contributed by atoms with E-state index < -0.39 is 45.5 Å². The first kappa shape index (κ1) is 38.2. The molecule has 8 nitrogen and oxygen atoms in total. The van der Waals surface area contributed by atoms with Crippen molar-refractivity contribution in [2.45, 2.75) is 83.1 Å². The summed E-state index contributed by atoms with van der Waals surface area (Å²) in [7, 11) is 0. The van der Waals surface area contributed by atoms with E-state index in [0.29, 0.717) is 0 Å². The van der Waals surface area contributed by atoms with Gasteiger partial charge in [-0.1, -0.05) is 0 Å². The Hall–Kier alpha value is -1.43. The molecule has 0 unspecified atom stereocenters. The van der Waals surface area contributed by atoms with Crippen molar-refractivity contribution in [1.29, 1.82) is 0 Å². The average molecular weight is 504 g/mol. The summed E-state index contributed by atoms with van der Waals surface area (Å²) in [5.74, 6) is -3.03. The molecule has 0 aliphatic heterocycles. The zero-order valence-electron chi connectivity index (χ0n) is 19.8. The molecule has 0 atom stereocenters. The van der Waals surface area contributed by atoms with Gasteiger partial charge in [0.1, 0.15) is 0 Å². The van der Waals surface area contributed by atoms with Crippen LogP contribution in [-0.2, 0) is 40.2 Å². The Kier molecular flexibility index (Phi) is 19.1. The molecule has 0 heterocycles. The smallest absolute Gasteiger partial charge is 0.308 e. The van der Waals surface area contributed by atoms with Crippen LogP contribution in [0.2, 0.25) is 0 Å². The summed E-state index contributed by atoms with van der Waals surface area (Å²) >= 11 is 0. The molecule has 0 fully saturated rings. The Labute approximate surface area is 189 Å². The van der Waals surface area contributed by atoms with E-state index in [0.717, 1.165) is 0 Å². The van der Waals surface area contributed by atoms with Gasteiger partial charge < -0.3 is 20.4 Å². The fourth-order valence-electron chi connectivity index (χ4n) is 0. The van der Waals surface area contributed by atoms with Crippen LogP contribution in [0.15, 0.2) is 0 Å². The monoisotopic (exact) mass is 506 g/mol. The molecule has 4 N–H and O–H groups in total. The van der Waals surface area contributed by atoms with Gasteiger partial charge >= 0.3 is 23.9 Å². The van der Waals surface area contributed by atoms with Crippen molar-refractivity contribution < 1.29 is 60.7 Å². The maximum atomic E-state index is 10.0. The molecule has 0 aromatic rings. The van der Waals surface area contributed by atoms with E-state index in [-0.39, 0.29) is 21.1 Å². The van der Waals surface area contributed by atoms with Crippen molar-refractivity contribution in [2.24, 2.45) is 21.7 Å². The summed E-state index contributed by atoms with van der Waals surface area (Å²) in [5, 5.41) is 33.0. The van der Waals surface area contributed by atoms with Crippen molar-refractivity contribution in [2.75, 3.05) is 0 Å². The molecule has 0 radical (unpaired) electrons.